The van der Waals surface area contributed by atoms with Gasteiger partial charge in [-0.05, 0) is 47.7 Å². The van der Waals surface area contributed by atoms with Crippen LogP contribution in [0.4, 0.5) is 0 Å². The lowest BCUT2D eigenvalue weighted by atomic mass is 9.77. The highest BCUT2D eigenvalue weighted by Gasteiger charge is 2.42. The van der Waals surface area contributed by atoms with E-state index in [0.717, 1.165) is 36.2 Å². The van der Waals surface area contributed by atoms with Crippen molar-refractivity contribution in [1.82, 2.24) is 10.2 Å². The third-order valence-electron chi connectivity index (χ3n) is 5.82. The molecule has 5 heteroatoms. The maximum atomic E-state index is 12.4. The number of hydrogen-bond acceptors (Lipinski definition) is 3. The van der Waals surface area contributed by atoms with Gasteiger partial charge >= 0.3 is 0 Å². The summed E-state index contributed by atoms with van der Waals surface area (Å²) in [5, 5.41) is 3.44. The molecular weight excluding hydrogens is 487 g/mol. The van der Waals surface area contributed by atoms with Gasteiger partial charge in [0.15, 0.2) is 0 Å². The number of hydrogen-bond donors (Lipinski definition) is 1. The van der Waals surface area contributed by atoms with Crippen LogP contribution in [0.3, 0.4) is 0 Å². The molecule has 30 heavy (non-hydrogen) atoms. The van der Waals surface area contributed by atoms with E-state index in [-0.39, 0.29) is 11.5 Å². The van der Waals surface area contributed by atoms with E-state index in [1.807, 2.05) is 49.2 Å². The molecule has 0 radical (unpaired) electrons. The molecule has 4 nitrogen and oxygen atoms in total. The van der Waals surface area contributed by atoms with Crippen LogP contribution in [0.25, 0.3) is 5.57 Å². The van der Waals surface area contributed by atoms with Crippen LogP contribution in [0.2, 0.25) is 0 Å². The minimum absolute atomic E-state index is 0.0321. The molecule has 1 aromatic carbocycles. The quantitative estimate of drug-likeness (QED) is 0.437. The van der Waals surface area contributed by atoms with Crippen molar-refractivity contribution in [3.63, 3.8) is 0 Å². The summed E-state index contributed by atoms with van der Waals surface area (Å²) in [5.41, 5.74) is 3.42. The molecule has 1 amide bonds. The zero-order valence-electron chi connectivity index (χ0n) is 18.5. The number of amides is 1. The van der Waals surface area contributed by atoms with E-state index in [1.165, 1.54) is 0 Å². The molecule has 0 bridgehead atoms. The molecule has 3 rings (SSSR count). The van der Waals surface area contributed by atoms with Gasteiger partial charge < -0.3 is 15.0 Å². The van der Waals surface area contributed by atoms with Crippen LogP contribution >= 0.6 is 22.6 Å². The lowest BCUT2D eigenvalue weighted by molar-refractivity contribution is -0.0188. The number of allylic oxidation sites excluding steroid dienone is 3. The third kappa shape index (κ3) is 5.06. The Bertz CT molecular complexity index is 841. The van der Waals surface area contributed by atoms with Crippen LogP contribution in [0.1, 0.15) is 36.2 Å². The molecule has 0 aliphatic carbocycles. The number of rotatable bonds is 4. The Kier molecular flexibility index (Phi) is 8.92. The van der Waals surface area contributed by atoms with Crippen molar-refractivity contribution in [2.75, 3.05) is 31.6 Å². The number of halogens is 1. The molecule has 2 aliphatic heterocycles. The summed E-state index contributed by atoms with van der Waals surface area (Å²) >= 11 is 2.15. The molecular formula is C25H33IN2O2. The van der Waals surface area contributed by atoms with Gasteiger partial charge in [0.1, 0.15) is 11.4 Å². The van der Waals surface area contributed by atoms with Crippen molar-refractivity contribution in [2.24, 2.45) is 5.92 Å². The molecule has 162 valence electrons. The number of nitrogens with zero attached hydrogens (tertiary/aromatic N) is 1. The van der Waals surface area contributed by atoms with E-state index >= 15 is 0 Å². The molecule has 2 atom stereocenters. The van der Waals surface area contributed by atoms with Gasteiger partial charge in [-0.25, -0.2) is 0 Å². The highest BCUT2D eigenvalue weighted by atomic mass is 127. The van der Waals surface area contributed by atoms with E-state index in [9.17, 15) is 4.79 Å². The first-order valence-corrected chi connectivity index (χ1v) is 12.5. The average molecular weight is 520 g/mol. The van der Waals surface area contributed by atoms with Crippen molar-refractivity contribution in [2.45, 2.75) is 25.9 Å². The van der Waals surface area contributed by atoms with Crippen molar-refractivity contribution in [1.29, 1.82) is 0 Å². The fraction of sp³-hybridized carbons (Fsp3) is 0.400. The van der Waals surface area contributed by atoms with Crippen LogP contribution in [0.15, 0.2) is 67.0 Å². The van der Waals surface area contributed by atoms with Crippen molar-refractivity contribution >= 4 is 34.1 Å². The fourth-order valence-electron chi connectivity index (χ4n) is 3.87. The molecule has 0 saturated carbocycles. The van der Waals surface area contributed by atoms with Crippen LogP contribution in [0, 0.1) is 5.92 Å². The zero-order chi connectivity index (χ0) is 22.3. The Morgan fingerprint density at radius 3 is 2.60 bits per heavy atom. The summed E-state index contributed by atoms with van der Waals surface area (Å²) in [5.74, 6) is 1.04. The second kappa shape index (κ2) is 11.0. The van der Waals surface area contributed by atoms with E-state index in [1.54, 1.807) is 11.0 Å². The Balaban J connectivity index is 0.00000155. The second-order valence-electron chi connectivity index (χ2n) is 7.61. The normalized spacial score (nSPS) is 24.4. The molecule has 1 saturated heterocycles. The first kappa shape index (κ1) is 24.4. The summed E-state index contributed by atoms with van der Waals surface area (Å²) in [6.45, 7) is 14.7. The van der Waals surface area contributed by atoms with E-state index in [4.69, 9.17) is 4.74 Å². The zero-order valence-corrected chi connectivity index (χ0v) is 20.7. The van der Waals surface area contributed by atoms with E-state index in [0.29, 0.717) is 23.8 Å². The second-order valence-corrected chi connectivity index (χ2v) is 7.61. The van der Waals surface area contributed by atoms with E-state index < -0.39 is 0 Å². The summed E-state index contributed by atoms with van der Waals surface area (Å²) in [6, 6.07) is 7.81. The lowest BCUT2D eigenvalue weighted by Gasteiger charge is -2.45. The summed E-state index contributed by atoms with van der Waals surface area (Å²) in [6.07, 6.45) is 6.85. The topological polar surface area (TPSA) is 41.6 Å². The summed E-state index contributed by atoms with van der Waals surface area (Å²) < 4.78 is 6.36. The lowest BCUT2D eigenvalue weighted by Crippen LogP contribution is -2.50. The van der Waals surface area contributed by atoms with Crippen molar-refractivity contribution in [3.05, 3.63) is 78.1 Å². The van der Waals surface area contributed by atoms with Gasteiger partial charge in [-0.15, -0.1) is 0 Å². The first-order chi connectivity index (χ1) is 14.4. The van der Waals surface area contributed by atoms with E-state index in [2.05, 4.69) is 54.1 Å². The van der Waals surface area contributed by atoms with Crippen LogP contribution < -0.4 is 5.32 Å². The Morgan fingerprint density at radius 1 is 1.37 bits per heavy atom. The Labute approximate surface area is 194 Å². The maximum Gasteiger partial charge on any atom is 0.253 e. The van der Waals surface area contributed by atoms with Gasteiger partial charge in [0.25, 0.3) is 5.91 Å². The molecule has 1 fully saturated rings. The molecule has 2 unspecified atom stereocenters. The predicted molar refractivity (Wildman–Crippen MR) is 135 cm³/mol. The van der Waals surface area contributed by atoms with Gasteiger partial charge in [-0.1, -0.05) is 67.0 Å². The van der Waals surface area contributed by atoms with Crippen molar-refractivity contribution < 1.29 is 9.53 Å². The number of ether oxygens (including phenoxy) is 1. The number of carbonyl (C=O) groups excluding carboxylic acids is 1. The van der Waals surface area contributed by atoms with Gasteiger partial charge in [0.05, 0.1) is 0 Å². The number of alkyl halides is 1. The number of benzene rings is 1. The Hall–Kier alpha value is -1.86. The molecule has 0 aromatic heterocycles. The van der Waals surface area contributed by atoms with Gasteiger partial charge in [0, 0.05) is 43.6 Å². The number of carbonyl (C=O) groups is 1. The van der Waals surface area contributed by atoms with Gasteiger partial charge in [-0.2, -0.15) is 0 Å². The fourth-order valence-corrected chi connectivity index (χ4v) is 3.87. The monoisotopic (exact) mass is 520 g/mol. The van der Waals surface area contributed by atoms with Crippen LogP contribution in [-0.2, 0) is 4.74 Å². The molecule has 1 aromatic rings. The highest BCUT2D eigenvalue weighted by Crippen LogP contribution is 2.44. The van der Waals surface area contributed by atoms with Gasteiger partial charge in [-0.3, -0.25) is 4.79 Å². The molecule has 1 N–H and O–H groups in total. The highest BCUT2D eigenvalue weighted by molar-refractivity contribution is 14.1. The molecule has 1 spiro atoms. The smallest absolute Gasteiger partial charge is 0.253 e. The molecule has 2 heterocycles. The maximum absolute atomic E-state index is 12.4. The minimum Gasteiger partial charge on any atom is -0.483 e. The SMILES string of the molecule is C=C/C=C1\C(=C)OC2(C=C1c1ccc(C(=O)N(C)CC)cc1)CCNCC2C.CI. The standard InChI is InChI=1S/C24H30N2O2.CH3I/c1-6-8-21-18(4)28-24(13-14-25-16-17(24)3)15-22(21)19-9-11-20(12-10-19)23(27)26(5)7-2;1-2/h6,8-12,15,17,25H,1,4,7,13-14,16H2,2-3,5H3;1H3/b21-8+;. The minimum atomic E-state index is -0.354. The summed E-state index contributed by atoms with van der Waals surface area (Å²) in [7, 11) is 1.81. The largest absolute Gasteiger partial charge is 0.483 e. The summed E-state index contributed by atoms with van der Waals surface area (Å²) in [4.78, 5) is 16.1. The van der Waals surface area contributed by atoms with Crippen molar-refractivity contribution in [3.8, 4) is 0 Å². The van der Waals surface area contributed by atoms with Crippen LogP contribution in [0.5, 0.6) is 0 Å². The van der Waals surface area contributed by atoms with Gasteiger partial charge in [0.2, 0.25) is 0 Å². The first-order valence-electron chi connectivity index (χ1n) is 10.3. The predicted octanol–water partition coefficient (Wildman–Crippen LogP) is 5.24. The molecule has 2 aliphatic rings. The van der Waals surface area contributed by atoms with Crippen LogP contribution in [-0.4, -0.2) is 48.0 Å². The number of nitrogens with one attached hydrogen (secondary N) is 1. The number of piperidine rings is 1. The Morgan fingerprint density at radius 2 is 2.03 bits per heavy atom. The third-order valence-corrected chi connectivity index (χ3v) is 5.82. The average Bonchev–Trinajstić information content (AvgIpc) is 2.78.